The highest BCUT2D eigenvalue weighted by Crippen LogP contribution is 2.40. The summed E-state index contributed by atoms with van der Waals surface area (Å²) in [6.07, 6.45) is 1.89. The highest BCUT2D eigenvalue weighted by Gasteiger charge is 2.33. The molecule has 1 saturated heterocycles. The minimum Gasteiger partial charge on any atom is -0.480 e. The summed E-state index contributed by atoms with van der Waals surface area (Å²) in [6.45, 7) is 6.68. The molecule has 0 amide bonds. The molecule has 21 heavy (non-hydrogen) atoms. The van der Waals surface area contributed by atoms with Gasteiger partial charge in [-0.25, -0.2) is 0 Å². The first-order chi connectivity index (χ1) is 10.1. The Hall–Kier alpha value is -1.72. The molecule has 1 fully saturated rings. The zero-order valence-electron chi connectivity index (χ0n) is 11.9. The largest absolute Gasteiger partial charge is 0.480 e. The zero-order valence-corrected chi connectivity index (χ0v) is 12.7. The Bertz CT molecular complexity index is 708. The Morgan fingerprint density at radius 3 is 3.00 bits per heavy atom. The predicted molar refractivity (Wildman–Crippen MR) is 86.6 cm³/mol. The fraction of sp³-hybridized carbons (Fsp3) is 0.312. The number of benzene rings is 1. The summed E-state index contributed by atoms with van der Waals surface area (Å²) >= 11 is 1.66. The molecule has 1 aromatic carbocycles. The first-order valence-electron chi connectivity index (χ1n) is 6.92. The van der Waals surface area contributed by atoms with Gasteiger partial charge in [0.2, 0.25) is 0 Å². The molecular weight excluding hydrogens is 284 g/mol. The number of para-hydroxylation sites is 1. The smallest absolute Gasteiger partial charge is 0.321 e. The fourth-order valence-electron chi connectivity index (χ4n) is 2.93. The third-order valence-electron chi connectivity index (χ3n) is 3.93. The number of thioether (sulfide) groups is 1. The number of hydrogen-bond acceptors (Lipinski definition) is 3. The summed E-state index contributed by atoms with van der Waals surface area (Å²) in [6, 6.07) is 7.79. The lowest BCUT2D eigenvalue weighted by molar-refractivity contribution is -0.138. The fourth-order valence-corrected chi connectivity index (χ4v) is 4.28. The molecule has 0 spiro atoms. The van der Waals surface area contributed by atoms with Crippen LogP contribution in [0.5, 0.6) is 0 Å². The van der Waals surface area contributed by atoms with Gasteiger partial charge in [-0.15, -0.1) is 18.3 Å². The van der Waals surface area contributed by atoms with E-state index in [1.807, 2.05) is 18.2 Å². The van der Waals surface area contributed by atoms with Crippen LogP contribution in [0.3, 0.4) is 0 Å². The van der Waals surface area contributed by atoms with Crippen LogP contribution in [0.2, 0.25) is 0 Å². The van der Waals surface area contributed by atoms with E-state index in [9.17, 15) is 4.79 Å². The number of rotatable bonds is 4. The van der Waals surface area contributed by atoms with Crippen LogP contribution in [0.25, 0.3) is 10.9 Å². The first-order valence-corrected chi connectivity index (χ1v) is 7.97. The van der Waals surface area contributed by atoms with E-state index in [0.29, 0.717) is 5.75 Å². The molecule has 4 nitrogen and oxygen atoms in total. The Kier molecular flexibility index (Phi) is 3.78. The second-order valence-electron chi connectivity index (χ2n) is 5.19. The molecule has 0 unspecified atom stereocenters. The van der Waals surface area contributed by atoms with Crippen LogP contribution in [0.1, 0.15) is 16.6 Å². The average molecular weight is 302 g/mol. The van der Waals surface area contributed by atoms with E-state index in [1.54, 1.807) is 11.8 Å². The molecule has 0 saturated carbocycles. The summed E-state index contributed by atoms with van der Waals surface area (Å²) < 4.78 is 2.23. The Balaban J connectivity index is 2.08. The minimum absolute atomic E-state index is 0.0297. The van der Waals surface area contributed by atoms with Gasteiger partial charge in [0.1, 0.15) is 6.04 Å². The molecule has 2 atom stereocenters. The zero-order chi connectivity index (χ0) is 15.0. The molecule has 1 aliphatic rings. The molecule has 3 rings (SSSR count). The number of carboxylic acids is 1. The molecule has 1 aromatic heterocycles. The van der Waals surface area contributed by atoms with Crippen molar-refractivity contribution in [3.63, 3.8) is 0 Å². The first kappa shape index (κ1) is 14.2. The van der Waals surface area contributed by atoms with Crippen molar-refractivity contribution in [1.82, 2.24) is 9.88 Å². The van der Waals surface area contributed by atoms with Gasteiger partial charge in [0, 0.05) is 34.5 Å². The standard InChI is InChI=1S/C16H18N2O2S/c1-3-8-18-10(2)14(11-6-4-5-7-13(11)18)15-17-12(9-21-15)16(19)20/h3-7,12,15,17H,1,8-9H2,2H3,(H,19,20)/t12-,15+/m0/s1. The van der Waals surface area contributed by atoms with E-state index in [1.165, 1.54) is 22.2 Å². The number of nitrogens with zero attached hydrogens (tertiary/aromatic N) is 1. The van der Waals surface area contributed by atoms with E-state index >= 15 is 0 Å². The van der Waals surface area contributed by atoms with E-state index in [2.05, 4.69) is 35.5 Å². The lowest BCUT2D eigenvalue weighted by atomic mass is 10.1. The van der Waals surface area contributed by atoms with Gasteiger partial charge in [-0.2, -0.15) is 0 Å². The number of hydrogen-bond donors (Lipinski definition) is 2. The van der Waals surface area contributed by atoms with Gasteiger partial charge in [0.15, 0.2) is 0 Å². The van der Waals surface area contributed by atoms with Crippen LogP contribution in [0.15, 0.2) is 36.9 Å². The van der Waals surface area contributed by atoms with E-state index < -0.39 is 12.0 Å². The second-order valence-corrected chi connectivity index (χ2v) is 6.32. The lowest BCUT2D eigenvalue weighted by Crippen LogP contribution is -2.33. The lowest BCUT2D eigenvalue weighted by Gasteiger charge is -2.12. The van der Waals surface area contributed by atoms with Crippen molar-refractivity contribution in [2.45, 2.75) is 24.9 Å². The number of allylic oxidation sites excluding steroid dienone is 1. The van der Waals surface area contributed by atoms with Crippen LogP contribution < -0.4 is 5.32 Å². The number of aliphatic carboxylic acids is 1. The normalized spacial score (nSPS) is 21.8. The molecule has 2 heterocycles. The number of carboxylic acid groups (broad SMARTS) is 1. The van der Waals surface area contributed by atoms with Gasteiger partial charge < -0.3 is 9.67 Å². The van der Waals surface area contributed by atoms with Crippen LogP contribution in [0.4, 0.5) is 0 Å². The maximum Gasteiger partial charge on any atom is 0.321 e. The topological polar surface area (TPSA) is 54.3 Å². The molecule has 2 N–H and O–H groups in total. The molecule has 1 aliphatic heterocycles. The van der Waals surface area contributed by atoms with Crippen LogP contribution in [0, 0.1) is 6.92 Å². The summed E-state index contributed by atoms with van der Waals surface area (Å²) in [5.41, 5.74) is 3.54. The summed E-state index contributed by atoms with van der Waals surface area (Å²) in [7, 11) is 0. The molecule has 0 aliphatic carbocycles. The van der Waals surface area contributed by atoms with Crippen molar-refractivity contribution in [2.75, 3.05) is 5.75 Å². The van der Waals surface area contributed by atoms with Gasteiger partial charge in [0.05, 0.1) is 5.37 Å². The van der Waals surface area contributed by atoms with Gasteiger partial charge in [-0.3, -0.25) is 10.1 Å². The summed E-state index contributed by atoms with van der Waals surface area (Å²) in [5.74, 6) is -0.182. The maximum atomic E-state index is 11.1. The summed E-state index contributed by atoms with van der Waals surface area (Å²) in [5, 5.41) is 13.6. The third kappa shape index (κ3) is 2.36. The highest BCUT2D eigenvalue weighted by atomic mass is 32.2. The average Bonchev–Trinajstić information content (AvgIpc) is 3.04. The maximum absolute atomic E-state index is 11.1. The molecule has 0 radical (unpaired) electrons. The number of aromatic nitrogens is 1. The highest BCUT2D eigenvalue weighted by molar-refractivity contribution is 7.99. The van der Waals surface area contributed by atoms with Crippen molar-refractivity contribution in [3.05, 3.63) is 48.2 Å². The monoisotopic (exact) mass is 302 g/mol. The number of carbonyl (C=O) groups is 1. The molecule has 110 valence electrons. The SMILES string of the molecule is C=CCn1c(C)c([C@@H]2N[C@H](C(=O)O)CS2)c2ccccc21. The molecule has 0 bridgehead atoms. The Labute approximate surface area is 127 Å². The Morgan fingerprint density at radius 2 is 2.33 bits per heavy atom. The molecule has 2 aromatic rings. The Morgan fingerprint density at radius 1 is 1.57 bits per heavy atom. The van der Waals surface area contributed by atoms with Crippen LogP contribution in [-0.4, -0.2) is 27.4 Å². The summed E-state index contributed by atoms with van der Waals surface area (Å²) in [4.78, 5) is 11.1. The van der Waals surface area contributed by atoms with Crippen molar-refractivity contribution in [3.8, 4) is 0 Å². The van der Waals surface area contributed by atoms with Crippen LogP contribution in [-0.2, 0) is 11.3 Å². The van der Waals surface area contributed by atoms with Crippen molar-refractivity contribution in [2.24, 2.45) is 0 Å². The molecular formula is C16H18N2O2S. The van der Waals surface area contributed by atoms with Crippen molar-refractivity contribution in [1.29, 1.82) is 0 Å². The van der Waals surface area contributed by atoms with Crippen molar-refractivity contribution < 1.29 is 9.90 Å². The predicted octanol–water partition coefficient (Wildman–Crippen LogP) is 2.92. The van der Waals surface area contributed by atoms with Gasteiger partial charge in [-0.1, -0.05) is 24.3 Å². The van der Waals surface area contributed by atoms with E-state index in [4.69, 9.17) is 5.11 Å². The number of fused-ring (bicyclic) bond motifs is 1. The van der Waals surface area contributed by atoms with Crippen molar-refractivity contribution >= 4 is 28.6 Å². The third-order valence-corrected chi connectivity index (χ3v) is 5.16. The molecule has 5 heteroatoms. The van der Waals surface area contributed by atoms with E-state index in [0.717, 1.165) is 6.54 Å². The number of nitrogens with one attached hydrogen (secondary N) is 1. The van der Waals surface area contributed by atoms with Gasteiger partial charge in [0.25, 0.3) is 0 Å². The second kappa shape index (κ2) is 5.58. The quantitative estimate of drug-likeness (QED) is 0.853. The van der Waals surface area contributed by atoms with E-state index in [-0.39, 0.29) is 5.37 Å². The van der Waals surface area contributed by atoms with Gasteiger partial charge >= 0.3 is 5.97 Å². The minimum atomic E-state index is -0.780. The van der Waals surface area contributed by atoms with Gasteiger partial charge in [-0.05, 0) is 13.0 Å². The van der Waals surface area contributed by atoms with Crippen LogP contribution >= 0.6 is 11.8 Å².